The van der Waals surface area contributed by atoms with Crippen molar-refractivity contribution in [3.8, 4) is 5.75 Å². The van der Waals surface area contributed by atoms with Gasteiger partial charge in [-0.2, -0.15) is 0 Å². The van der Waals surface area contributed by atoms with Crippen LogP contribution >= 0.6 is 11.6 Å². The van der Waals surface area contributed by atoms with Crippen molar-refractivity contribution in [3.63, 3.8) is 0 Å². The summed E-state index contributed by atoms with van der Waals surface area (Å²) in [5.74, 6) is 0.304. The molecule has 5 heteroatoms. The van der Waals surface area contributed by atoms with E-state index in [4.69, 9.17) is 16.3 Å². The highest BCUT2D eigenvalue weighted by Gasteiger charge is 2.18. The zero-order valence-electron chi connectivity index (χ0n) is 6.00. The number of aromatic nitrogens is 1. The van der Waals surface area contributed by atoms with E-state index in [1.54, 1.807) is 0 Å². The molecule has 0 saturated heterocycles. The van der Waals surface area contributed by atoms with E-state index >= 15 is 0 Å². The smallest absolute Gasteiger partial charge is 0.262 e. The number of carbonyl (C=O) groups is 1. The Hall–Kier alpha value is -1.29. The summed E-state index contributed by atoms with van der Waals surface area (Å²) in [7, 11) is 0. The molecular weight excluding hydrogens is 180 g/mol. The van der Waals surface area contributed by atoms with Crippen LogP contribution in [0.2, 0.25) is 5.02 Å². The number of hydrogen-bond acceptors (Lipinski definition) is 3. The van der Waals surface area contributed by atoms with Gasteiger partial charge in [-0.05, 0) is 0 Å². The average molecular weight is 185 g/mol. The molecule has 1 aliphatic heterocycles. The van der Waals surface area contributed by atoms with Crippen molar-refractivity contribution >= 4 is 23.2 Å². The van der Waals surface area contributed by atoms with E-state index in [0.29, 0.717) is 16.5 Å². The molecular formula is C7H5ClN2O2. The van der Waals surface area contributed by atoms with Gasteiger partial charge in [-0.25, -0.2) is 0 Å². The number of pyridine rings is 1. The van der Waals surface area contributed by atoms with E-state index in [9.17, 15) is 4.79 Å². The Morgan fingerprint density at radius 1 is 1.58 bits per heavy atom. The standard InChI is InChI=1S/C7H5ClN2O2/c8-4-1-9-2-5-7(4)12-3-6(11)10-5/h1-2H,3H2,(H,10,11). The maximum absolute atomic E-state index is 10.8. The van der Waals surface area contributed by atoms with Gasteiger partial charge in [0.15, 0.2) is 12.4 Å². The normalized spacial score (nSPS) is 14.6. The third-order valence-corrected chi connectivity index (χ3v) is 1.74. The summed E-state index contributed by atoms with van der Waals surface area (Å²) in [6, 6.07) is 0. The number of ether oxygens (including phenoxy) is 1. The Labute approximate surface area is 73.5 Å². The molecule has 1 aromatic heterocycles. The number of nitrogens with zero attached hydrogens (tertiary/aromatic N) is 1. The van der Waals surface area contributed by atoms with E-state index in [2.05, 4.69) is 10.3 Å². The van der Waals surface area contributed by atoms with Gasteiger partial charge in [0.2, 0.25) is 0 Å². The lowest BCUT2D eigenvalue weighted by atomic mass is 10.3. The molecule has 0 radical (unpaired) electrons. The van der Waals surface area contributed by atoms with Gasteiger partial charge in [0.05, 0.1) is 6.20 Å². The largest absolute Gasteiger partial charge is 0.480 e. The Morgan fingerprint density at radius 2 is 2.42 bits per heavy atom. The fourth-order valence-corrected chi connectivity index (χ4v) is 1.20. The highest BCUT2D eigenvalue weighted by Crippen LogP contribution is 2.33. The number of nitrogens with one attached hydrogen (secondary N) is 1. The summed E-state index contributed by atoms with van der Waals surface area (Å²) in [6.07, 6.45) is 2.97. The van der Waals surface area contributed by atoms with Crippen LogP contribution in [-0.2, 0) is 4.79 Å². The Morgan fingerprint density at radius 3 is 3.25 bits per heavy atom. The van der Waals surface area contributed by atoms with Crippen molar-refractivity contribution in [2.75, 3.05) is 11.9 Å². The summed E-state index contributed by atoms with van der Waals surface area (Å²) in [6.45, 7) is 0.0106. The van der Waals surface area contributed by atoms with Crippen LogP contribution in [-0.4, -0.2) is 17.5 Å². The van der Waals surface area contributed by atoms with Crippen LogP contribution in [0.25, 0.3) is 0 Å². The van der Waals surface area contributed by atoms with Crippen LogP contribution in [0.1, 0.15) is 0 Å². The number of rotatable bonds is 0. The molecule has 0 aliphatic carbocycles. The number of halogens is 1. The van der Waals surface area contributed by atoms with Crippen LogP contribution in [0.3, 0.4) is 0 Å². The molecule has 4 nitrogen and oxygen atoms in total. The van der Waals surface area contributed by atoms with Crippen molar-refractivity contribution < 1.29 is 9.53 Å². The summed E-state index contributed by atoms with van der Waals surface area (Å²) in [4.78, 5) is 14.6. The second kappa shape index (κ2) is 2.64. The first-order chi connectivity index (χ1) is 5.77. The quantitative estimate of drug-likeness (QED) is 0.656. The molecule has 2 rings (SSSR count). The molecule has 0 unspecified atom stereocenters. The Bertz CT molecular complexity index is 340. The van der Waals surface area contributed by atoms with Gasteiger partial charge in [-0.3, -0.25) is 9.78 Å². The second-order valence-corrected chi connectivity index (χ2v) is 2.74. The lowest BCUT2D eigenvalue weighted by Gasteiger charge is -2.17. The van der Waals surface area contributed by atoms with Gasteiger partial charge in [0.25, 0.3) is 5.91 Å². The van der Waals surface area contributed by atoms with Crippen molar-refractivity contribution in [1.29, 1.82) is 0 Å². The molecule has 1 N–H and O–H groups in total. The van der Waals surface area contributed by atoms with Gasteiger partial charge in [0.1, 0.15) is 10.7 Å². The minimum atomic E-state index is -0.188. The highest BCUT2D eigenvalue weighted by molar-refractivity contribution is 6.32. The topological polar surface area (TPSA) is 51.2 Å². The van der Waals surface area contributed by atoms with Crippen LogP contribution < -0.4 is 10.1 Å². The zero-order chi connectivity index (χ0) is 8.55. The molecule has 1 amide bonds. The van der Waals surface area contributed by atoms with E-state index in [-0.39, 0.29) is 12.5 Å². The maximum Gasteiger partial charge on any atom is 0.262 e. The molecule has 0 spiro atoms. The third-order valence-electron chi connectivity index (χ3n) is 1.47. The second-order valence-electron chi connectivity index (χ2n) is 2.33. The molecule has 2 heterocycles. The van der Waals surface area contributed by atoms with Crippen LogP contribution in [0.15, 0.2) is 12.4 Å². The summed E-state index contributed by atoms with van der Waals surface area (Å²) < 4.78 is 5.08. The van der Waals surface area contributed by atoms with Gasteiger partial charge in [-0.1, -0.05) is 11.6 Å². The average Bonchev–Trinajstić information content (AvgIpc) is 2.04. The molecule has 0 bridgehead atoms. The van der Waals surface area contributed by atoms with Gasteiger partial charge < -0.3 is 10.1 Å². The zero-order valence-corrected chi connectivity index (χ0v) is 6.76. The first-order valence-electron chi connectivity index (χ1n) is 3.33. The summed E-state index contributed by atoms with van der Waals surface area (Å²) in [5, 5.41) is 3.00. The van der Waals surface area contributed by atoms with Gasteiger partial charge in [0, 0.05) is 6.20 Å². The number of fused-ring (bicyclic) bond motifs is 1. The Kier molecular flexibility index (Phi) is 1.62. The lowest BCUT2D eigenvalue weighted by Crippen LogP contribution is -2.25. The van der Waals surface area contributed by atoms with Crippen molar-refractivity contribution in [3.05, 3.63) is 17.4 Å². The van der Waals surface area contributed by atoms with Crippen LogP contribution in [0.5, 0.6) is 5.75 Å². The minimum Gasteiger partial charge on any atom is -0.480 e. The third kappa shape index (κ3) is 1.10. The van der Waals surface area contributed by atoms with Crippen molar-refractivity contribution in [2.24, 2.45) is 0 Å². The lowest BCUT2D eigenvalue weighted by molar-refractivity contribution is -0.118. The molecule has 0 aromatic carbocycles. The van der Waals surface area contributed by atoms with Gasteiger partial charge >= 0.3 is 0 Å². The number of hydrogen-bond donors (Lipinski definition) is 1. The maximum atomic E-state index is 10.8. The van der Waals surface area contributed by atoms with Crippen molar-refractivity contribution in [1.82, 2.24) is 4.98 Å². The fourth-order valence-electron chi connectivity index (χ4n) is 0.983. The number of carbonyl (C=O) groups excluding carboxylic acids is 1. The molecule has 62 valence electrons. The van der Waals surface area contributed by atoms with Crippen LogP contribution in [0, 0.1) is 0 Å². The van der Waals surface area contributed by atoms with E-state index in [1.807, 2.05) is 0 Å². The molecule has 0 atom stereocenters. The first kappa shape index (κ1) is 7.36. The summed E-state index contributed by atoms with van der Waals surface area (Å²) in [5.41, 5.74) is 0.527. The van der Waals surface area contributed by atoms with Gasteiger partial charge in [-0.15, -0.1) is 0 Å². The molecule has 1 aliphatic rings. The predicted molar refractivity (Wildman–Crippen MR) is 43.4 cm³/mol. The number of amides is 1. The summed E-state index contributed by atoms with van der Waals surface area (Å²) >= 11 is 5.75. The van der Waals surface area contributed by atoms with Crippen molar-refractivity contribution in [2.45, 2.75) is 0 Å². The Balaban J connectivity index is 2.48. The predicted octanol–water partition coefficient (Wildman–Crippen LogP) is 1.07. The first-order valence-corrected chi connectivity index (χ1v) is 3.71. The van der Waals surface area contributed by atoms with E-state index in [1.165, 1.54) is 12.4 Å². The highest BCUT2D eigenvalue weighted by atomic mass is 35.5. The molecule has 0 fully saturated rings. The van der Waals surface area contributed by atoms with E-state index in [0.717, 1.165) is 0 Å². The SMILES string of the molecule is O=C1COc2c(Cl)cncc2N1. The van der Waals surface area contributed by atoms with E-state index < -0.39 is 0 Å². The molecule has 1 aromatic rings. The molecule has 12 heavy (non-hydrogen) atoms. The fraction of sp³-hybridized carbons (Fsp3) is 0.143. The monoisotopic (exact) mass is 184 g/mol. The van der Waals surface area contributed by atoms with Crippen LogP contribution in [0.4, 0.5) is 5.69 Å². The minimum absolute atomic E-state index is 0.0106. The molecule has 0 saturated carbocycles. The number of anilines is 1.